The maximum absolute atomic E-state index is 5.74. The number of H-pyrrole nitrogens is 1. The van der Waals surface area contributed by atoms with Gasteiger partial charge in [0.25, 0.3) is 0 Å². The number of pyridine rings is 1. The van der Waals surface area contributed by atoms with E-state index in [0.717, 1.165) is 28.3 Å². The average molecular weight is 332 g/mol. The van der Waals surface area contributed by atoms with E-state index in [-0.39, 0.29) is 0 Å². The molecule has 7 heteroatoms. The van der Waals surface area contributed by atoms with Gasteiger partial charge in [0.15, 0.2) is 11.5 Å². The quantitative estimate of drug-likeness (QED) is 0.564. The zero-order valence-corrected chi connectivity index (χ0v) is 13.4. The van der Waals surface area contributed by atoms with Crippen LogP contribution in [-0.2, 0) is 13.2 Å². The second-order valence-corrected chi connectivity index (χ2v) is 5.43. The van der Waals surface area contributed by atoms with Crippen LogP contribution >= 0.6 is 0 Å². The van der Waals surface area contributed by atoms with Crippen LogP contribution in [0, 0.1) is 0 Å². The first kappa shape index (κ1) is 15.1. The van der Waals surface area contributed by atoms with Crippen LogP contribution in [0.1, 0.15) is 11.3 Å². The average Bonchev–Trinajstić information content (AvgIpc) is 3.16. The predicted octanol–water partition coefficient (Wildman–Crippen LogP) is 2.94. The highest BCUT2D eigenvalue weighted by Gasteiger charge is 2.05. The molecule has 0 amide bonds. The molecule has 0 aliphatic rings. The minimum Gasteiger partial charge on any atom is -0.487 e. The molecule has 0 aliphatic heterocycles. The van der Waals surface area contributed by atoms with E-state index in [9.17, 15) is 0 Å². The fraction of sp³-hybridized carbons (Fsp3) is 0.111. The smallest absolute Gasteiger partial charge is 0.182 e. The summed E-state index contributed by atoms with van der Waals surface area (Å²) in [4.78, 5) is 19.8. The molecule has 3 heterocycles. The van der Waals surface area contributed by atoms with Crippen molar-refractivity contribution >= 4 is 17.0 Å². The van der Waals surface area contributed by atoms with Crippen molar-refractivity contribution in [3.8, 4) is 5.75 Å². The number of imidazole rings is 1. The third-order valence-electron chi connectivity index (χ3n) is 3.72. The van der Waals surface area contributed by atoms with Crippen molar-refractivity contribution in [3.63, 3.8) is 0 Å². The number of nitrogens with one attached hydrogen (secondary N) is 2. The maximum atomic E-state index is 5.74. The lowest BCUT2D eigenvalue weighted by Gasteiger charge is -2.08. The molecule has 0 bridgehead atoms. The Labute approximate surface area is 144 Å². The number of aromatic amines is 1. The number of hydrogen-bond donors (Lipinski definition) is 2. The summed E-state index contributed by atoms with van der Waals surface area (Å²) in [5.74, 6) is 1.55. The summed E-state index contributed by atoms with van der Waals surface area (Å²) in [6.45, 7) is 1.10. The van der Waals surface area contributed by atoms with E-state index in [2.05, 4.69) is 30.2 Å². The van der Waals surface area contributed by atoms with Gasteiger partial charge in [0.05, 0.1) is 12.0 Å². The van der Waals surface area contributed by atoms with E-state index in [4.69, 9.17) is 4.74 Å². The number of ether oxygens (including phenoxy) is 1. The van der Waals surface area contributed by atoms with Gasteiger partial charge >= 0.3 is 0 Å². The van der Waals surface area contributed by atoms with E-state index in [1.165, 1.54) is 6.33 Å². The van der Waals surface area contributed by atoms with Crippen molar-refractivity contribution < 1.29 is 4.74 Å². The molecule has 25 heavy (non-hydrogen) atoms. The van der Waals surface area contributed by atoms with Crippen LogP contribution in [0.3, 0.4) is 0 Å². The van der Waals surface area contributed by atoms with Crippen LogP contribution in [-0.4, -0.2) is 24.9 Å². The second-order valence-electron chi connectivity index (χ2n) is 5.43. The molecule has 3 aromatic heterocycles. The van der Waals surface area contributed by atoms with Crippen molar-refractivity contribution in [2.45, 2.75) is 13.2 Å². The molecule has 7 nitrogen and oxygen atoms in total. The number of hydrogen-bond acceptors (Lipinski definition) is 6. The molecule has 2 N–H and O–H groups in total. The van der Waals surface area contributed by atoms with Crippen molar-refractivity contribution in [2.24, 2.45) is 0 Å². The lowest BCUT2D eigenvalue weighted by Crippen LogP contribution is -2.03. The number of anilines is 1. The molecule has 0 saturated heterocycles. The Hall–Kier alpha value is -3.48. The molecule has 0 atom stereocenters. The molecule has 0 unspecified atom stereocenters. The molecule has 124 valence electrons. The summed E-state index contributed by atoms with van der Waals surface area (Å²) in [6.07, 6.45) is 4.87. The Morgan fingerprint density at radius 2 is 1.88 bits per heavy atom. The highest BCUT2D eigenvalue weighted by atomic mass is 16.5. The van der Waals surface area contributed by atoms with Gasteiger partial charge in [-0.15, -0.1) is 0 Å². The van der Waals surface area contributed by atoms with Gasteiger partial charge < -0.3 is 15.0 Å². The fourth-order valence-electron chi connectivity index (χ4n) is 2.43. The van der Waals surface area contributed by atoms with Gasteiger partial charge in [-0.1, -0.05) is 18.2 Å². The summed E-state index contributed by atoms with van der Waals surface area (Å²) in [6, 6.07) is 13.7. The lowest BCUT2D eigenvalue weighted by molar-refractivity contribution is 0.301. The first-order valence-corrected chi connectivity index (χ1v) is 7.88. The molecule has 0 radical (unpaired) electrons. The Balaban J connectivity index is 1.36. The molecule has 4 rings (SSSR count). The normalized spacial score (nSPS) is 10.7. The Morgan fingerprint density at radius 3 is 2.72 bits per heavy atom. The third kappa shape index (κ3) is 3.55. The second kappa shape index (κ2) is 6.96. The number of nitrogens with zero attached hydrogens (tertiary/aromatic N) is 4. The van der Waals surface area contributed by atoms with E-state index >= 15 is 0 Å². The largest absolute Gasteiger partial charge is 0.487 e. The van der Waals surface area contributed by atoms with Crippen LogP contribution in [0.2, 0.25) is 0 Å². The minimum atomic E-state index is 0.456. The fourth-order valence-corrected chi connectivity index (χ4v) is 2.43. The highest BCUT2D eigenvalue weighted by Crippen LogP contribution is 2.17. The topological polar surface area (TPSA) is 88.6 Å². The number of rotatable bonds is 6. The summed E-state index contributed by atoms with van der Waals surface area (Å²) < 4.78 is 5.74. The lowest BCUT2D eigenvalue weighted by atomic mass is 10.2. The molecule has 0 fully saturated rings. The minimum absolute atomic E-state index is 0.456. The van der Waals surface area contributed by atoms with E-state index < -0.39 is 0 Å². The van der Waals surface area contributed by atoms with Gasteiger partial charge in [0.1, 0.15) is 24.2 Å². The van der Waals surface area contributed by atoms with Crippen molar-refractivity contribution in [1.29, 1.82) is 0 Å². The van der Waals surface area contributed by atoms with Gasteiger partial charge in [-0.3, -0.25) is 4.98 Å². The summed E-state index contributed by atoms with van der Waals surface area (Å²) in [7, 11) is 0. The highest BCUT2D eigenvalue weighted by molar-refractivity contribution is 5.81. The Bertz CT molecular complexity index is 952. The van der Waals surface area contributed by atoms with Gasteiger partial charge in [0, 0.05) is 12.7 Å². The van der Waals surface area contributed by atoms with Crippen molar-refractivity contribution in [2.75, 3.05) is 5.32 Å². The maximum Gasteiger partial charge on any atom is 0.182 e. The van der Waals surface area contributed by atoms with Crippen LogP contribution < -0.4 is 10.1 Å². The van der Waals surface area contributed by atoms with Gasteiger partial charge in [0.2, 0.25) is 0 Å². The monoisotopic (exact) mass is 332 g/mol. The van der Waals surface area contributed by atoms with Crippen LogP contribution in [0.4, 0.5) is 5.82 Å². The summed E-state index contributed by atoms with van der Waals surface area (Å²) >= 11 is 0. The molecular weight excluding hydrogens is 316 g/mol. The van der Waals surface area contributed by atoms with Crippen LogP contribution in [0.5, 0.6) is 5.75 Å². The van der Waals surface area contributed by atoms with E-state index in [0.29, 0.717) is 18.8 Å². The summed E-state index contributed by atoms with van der Waals surface area (Å²) in [5, 5.41) is 3.29. The SMILES string of the molecule is c1ccc(COc2ccc(CNc3ncnc4nc[nH]c34)cc2)nc1. The van der Waals surface area contributed by atoms with E-state index in [1.807, 2.05) is 42.5 Å². The number of benzene rings is 1. The zero-order chi connectivity index (χ0) is 16.9. The Morgan fingerprint density at radius 1 is 0.960 bits per heavy atom. The molecule has 1 aromatic carbocycles. The standard InChI is InChI=1S/C18H16N6O/c1-2-8-19-14(3-1)10-25-15-6-4-13(5-7-15)9-20-17-16-18(22-11-21-16)24-12-23-17/h1-8,11-12H,9-10H2,(H2,20,21,22,23,24). The van der Waals surface area contributed by atoms with Crippen molar-refractivity contribution in [3.05, 3.63) is 72.6 Å². The summed E-state index contributed by atoms with van der Waals surface area (Å²) in [5.41, 5.74) is 3.48. The van der Waals surface area contributed by atoms with Gasteiger partial charge in [-0.05, 0) is 29.8 Å². The predicted molar refractivity (Wildman–Crippen MR) is 94.0 cm³/mol. The zero-order valence-electron chi connectivity index (χ0n) is 13.4. The van der Waals surface area contributed by atoms with Crippen LogP contribution in [0.15, 0.2) is 61.3 Å². The van der Waals surface area contributed by atoms with Crippen LogP contribution in [0.25, 0.3) is 11.2 Å². The van der Waals surface area contributed by atoms with E-state index in [1.54, 1.807) is 12.5 Å². The molecule has 4 aromatic rings. The first-order chi connectivity index (χ1) is 12.4. The van der Waals surface area contributed by atoms with Gasteiger partial charge in [-0.25, -0.2) is 15.0 Å². The molecule has 0 aliphatic carbocycles. The number of aromatic nitrogens is 5. The number of fused-ring (bicyclic) bond motifs is 1. The molecule has 0 spiro atoms. The Kier molecular flexibility index (Phi) is 4.20. The third-order valence-corrected chi connectivity index (χ3v) is 3.72. The molecular formula is C18H16N6O. The van der Waals surface area contributed by atoms with Gasteiger partial charge in [-0.2, -0.15) is 0 Å². The first-order valence-electron chi connectivity index (χ1n) is 7.88. The molecule has 0 saturated carbocycles. The van der Waals surface area contributed by atoms with Crippen molar-refractivity contribution in [1.82, 2.24) is 24.9 Å².